The van der Waals surface area contributed by atoms with Crippen molar-refractivity contribution in [1.29, 1.82) is 0 Å². The molecule has 10 aromatic rings. The van der Waals surface area contributed by atoms with Gasteiger partial charge >= 0.3 is 0 Å². The van der Waals surface area contributed by atoms with Crippen molar-refractivity contribution < 1.29 is 15.7 Å². The lowest BCUT2D eigenvalue weighted by atomic mass is 9.95. The van der Waals surface area contributed by atoms with Gasteiger partial charge in [-0.15, -0.1) is 0 Å². The smallest absolute Gasteiger partial charge is 0.164 e. The van der Waals surface area contributed by atoms with Crippen molar-refractivity contribution in [3.63, 3.8) is 0 Å². The van der Waals surface area contributed by atoms with E-state index >= 15 is 0 Å². The molecule has 0 N–H and O–H groups in total. The molecule has 0 aliphatic heterocycles. The summed E-state index contributed by atoms with van der Waals surface area (Å²) in [6.07, 6.45) is 0. The normalized spacial score (nSPS) is 13.0. The van der Waals surface area contributed by atoms with Gasteiger partial charge in [-0.1, -0.05) is 121 Å². The Hall–Kier alpha value is -6.85. The average Bonchev–Trinajstić information content (AvgIpc) is 3.81. The van der Waals surface area contributed by atoms with E-state index < -0.39 is 18.1 Å². The first-order chi connectivity index (χ1) is 26.8. The highest BCUT2D eigenvalue weighted by Gasteiger charge is 2.21. The number of para-hydroxylation sites is 1. The summed E-state index contributed by atoms with van der Waals surface area (Å²) in [5.41, 5.74) is 6.90. The molecule has 0 aliphatic carbocycles. The van der Waals surface area contributed by atoms with Crippen LogP contribution in [0.1, 0.15) is 6.85 Å². The predicted molar refractivity (Wildman–Crippen MR) is 202 cm³/mol. The van der Waals surface area contributed by atoms with E-state index in [1.807, 2.05) is 133 Å². The second-order valence-electron chi connectivity index (χ2n) is 12.0. The fourth-order valence-electron chi connectivity index (χ4n) is 6.69. The highest BCUT2D eigenvalue weighted by Crippen LogP contribution is 2.43. The van der Waals surface area contributed by atoms with Crippen molar-refractivity contribution in [1.82, 2.24) is 15.0 Å². The van der Waals surface area contributed by atoms with Crippen LogP contribution in [0.2, 0.25) is 0 Å². The fraction of sp³-hybridized carbons (Fsp3) is 0. The molecular formula is C45H27N3O2. The van der Waals surface area contributed by atoms with E-state index in [0.29, 0.717) is 45.2 Å². The third-order valence-electron chi connectivity index (χ3n) is 9.02. The second-order valence-corrected chi connectivity index (χ2v) is 12.0. The van der Waals surface area contributed by atoms with Crippen LogP contribution in [0.25, 0.3) is 100 Å². The highest BCUT2D eigenvalue weighted by atomic mass is 16.3. The third-order valence-corrected chi connectivity index (χ3v) is 9.02. The molecule has 0 atom stereocenters. The zero-order valence-electron chi connectivity index (χ0n) is 31.4. The molecule has 0 spiro atoms. The highest BCUT2D eigenvalue weighted by molar-refractivity contribution is 6.16. The molecule has 3 aromatic heterocycles. The molecule has 0 unspecified atom stereocenters. The van der Waals surface area contributed by atoms with Crippen LogP contribution >= 0.6 is 0 Å². The van der Waals surface area contributed by atoms with Crippen LogP contribution in [0.3, 0.4) is 0 Å². The van der Waals surface area contributed by atoms with Gasteiger partial charge in [0.15, 0.2) is 17.5 Å². The summed E-state index contributed by atoms with van der Waals surface area (Å²) in [4.78, 5) is 15.1. The molecule has 5 nitrogen and oxygen atoms in total. The van der Waals surface area contributed by atoms with Gasteiger partial charge in [-0.05, 0) is 59.2 Å². The molecule has 10 rings (SSSR count). The summed E-state index contributed by atoms with van der Waals surface area (Å²) >= 11 is 0. The molecule has 0 amide bonds. The Morgan fingerprint density at radius 2 is 1.06 bits per heavy atom. The summed E-state index contributed by atoms with van der Waals surface area (Å²) in [5.74, 6) is 1.39. The van der Waals surface area contributed by atoms with Crippen molar-refractivity contribution in [2.24, 2.45) is 0 Å². The number of rotatable bonds is 5. The lowest BCUT2D eigenvalue weighted by Gasteiger charge is -2.10. The lowest BCUT2D eigenvalue weighted by molar-refractivity contribution is 0.669. The summed E-state index contributed by atoms with van der Waals surface area (Å²) < 4.78 is 55.6. The van der Waals surface area contributed by atoms with Gasteiger partial charge in [0.1, 0.15) is 22.3 Å². The number of nitrogens with zero attached hydrogens (tertiary/aromatic N) is 3. The van der Waals surface area contributed by atoms with Gasteiger partial charge in [0.25, 0.3) is 0 Å². The zero-order valence-corrected chi connectivity index (χ0v) is 26.4. The maximum Gasteiger partial charge on any atom is 0.164 e. The van der Waals surface area contributed by atoms with Crippen LogP contribution in [0, 0.1) is 0 Å². The summed E-state index contributed by atoms with van der Waals surface area (Å²) in [7, 11) is 0. The Labute approximate surface area is 294 Å². The largest absolute Gasteiger partial charge is 0.456 e. The average molecular weight is 647 g/mol. The minimum Gasteiger partial charge on any atom is -0.456 e. The van der Waals surface area contributed by atoms with Gasteiger partial charge < -0.3 is 8.83 Å². The molecule has 0 bridgehead atoms. The van der Waals surface area contributed by atoms with Gasteiger partial charge in [-0.2, -0.15) is 0 Å². The van der Waals surface area contributed by atoms with E-state index in [2.05, 4.69) is 0 Å². The predicted octanol–water partition coefficient (Wildman–Crippen LogP) is 12.0. The SMILES string of the molecule is [2H]c1c([2H])c([2H])c(-c2cc(-c3ccccc3)cc3c2oc2cccc(-c4nc(-c5ccccc5)nc(-c5ccc6oc7ccccc7c6c5)n4)c23)c([2H])c1[2H]. The molecule has 5 heteroatoms. The number of furan rings is 2. The first kappa shape index (κ1) is 23.5. The van der Waals surface area contributed by atoms with Gasteiger partial charge in [0.2, 0.25) is 0 Å². The van der Waals surface area contributed by atoms with E-state index in [-0.39, 0.29) is 17.6 Å². The first-order valence-corrected chi connectivity index (χ1v) is 16.2. The van der Waals surface area contributed by atoms with Crippen molar-refractivity contribution >= 4 is 43.9 Å². The molecule has 0 fully saturated rings. The summed E-state index contributed by atoms with van der Waals surface area (Å²) in [5, 5.41) is 3.35. The standard InChI is InChI=1S/C45H27N3O2/c1-4-13-28(14-5-1)32-26-35(29-15-6-2-7-16-29)42-37(27-32)41-34(20-12-22-40(41)50-42)45-47-43(30-17-8-3-9-18-30)46-44(48-45)31-23-24-39-36(25-31)33-19-10-11-21-38(33)49-39/h1-27H/i2D,6D,7D,15D,16D. The first-order valence-electron chi connectivity index (χ1n) is 18.7. The molecule has 0 aliphatic rings. The third kappa shape index (κ3) is 4.67. The summed E-state index contributed by atoms with van der Waals surface area (Å²) in [6.45, 7) is 0. The molecule has 234 valence electrons. The van der Waals surface area contributed by atoms with Crippen molar-refractivity contribution in [3.05, 3.63) is 164 Å². The molecule has 0 saturated carbocycles. The Morgan fingerprint density at radius 3 is 1.88 bits per heavy atom. The topological polar surface area (TPSA) is 65.0 Å². The summed E-state index contributed by atoms with van der Waals surface area (Å²) in [6, 6.07) is 40.9. The van der Waals surface area contributed by atoms with E-state index in [1.54, 1.807) is 0 Å². The monoisotopic (exact) mass is 646 g/mol. The number of fused-ring (bicyclic) bond motifs is 6. The van der Waals surface area contributed by atoms with Crippen LogP contribution in [0.15, 0.2) is 173 Å². The molecule has 3 heterocycles. The number of hydrogen-bond acceptors (Lipinski definition) is 5. The van der Waals surface area contributed by atoms with Crippen molar-refractivity contribution in [2.75, 3.05) is 0 Å². The van der Waals surface area contributed by atoms with Crippen molar-refractivity contribution in [3.8, 4) is 56.4 Å². The van der Waals surface area contributed by atoms with E-state index in [4.69, 9.17) is 30.6 Å². The zero-order chi connectivity index (χ0) is 37.4. The van der Waals surface area contributed by atoms with Crippen LogP contribution in [-0.4, -0.2) is 15.0 Å². The second kappa shape index (κ2) is 11.4. The Kier molecular flexibility index (Phi) is 5.35. The fourth-order valence-corrected chi connectivity index (χ4v) is 6.69. The maximum absolute atomic E-state index is 8.88. The van der Waals surface area contributed by atoms with Crippen molar-refractivity contribution in [2.45, 2.75) is 0 Å². The number of benzene rings is 7. The molecule has 50 heavy (non-hydrogen) atoms. The van der Waals surface area contributed by atoms with Crippen LogP contribution in [-0.2, 0) is 0 Å². The quantitative estimate of drug-likeness (QED) is 0.186. The maximum atomic E-state index is 8.88. The van der Waals surface area contributed by atoms with E-state index in [9.17, 15) is 0 Å². The van der Waals surface area contributed by atoms with Crippen LogP contribution < -0.4 is 0 Å². The Bertz CT molecular complexity index is 3130. The van der Waals surface area contributed by atoms with Crippen LogP contribution in [0.5, 0.6) is 0 Å². The Balaban J connectivity index is 1.26. The van der Waals surface area contributed by atoms with Crippen LogP contribution in [0.4, 0.5) is 0 Å². The molecule has 0 saturated heterocycles. The van der Waals surface area contributed by atoms with Gasteiger partial charge in [0.05, 0.1) is 6.85 Å². The number of aromatic nitrogens is 3. The van der Waals surface area contributed by atoms with Gasteiger partial charge in [0, 0.05) is 43.8 Å². The van der Waals surface area contributed by atoms with E-state index in [0.717, 1.165) is 49.6 Å². The minimum atomic E-state index is -0.457. The van der Waals surface area contributed by atoms with E-state index in [1.165, 1.54) is 0 Å². The van der Waals surface area contributed by atoms with Gasteiger partial charge in [-0.3, -0.25) is 0 Å². The molecule has 7 aromatic carbocycles. The number of hydrogen-bond donors (Lipinski definition) is 0. The Morgan fingerprint density at radius 1 is 0.400 bits per heavy atom. The lowest BCUT2D eigenvalue weighted by Crippen LogP contribution is -2.00. The van der Waals surface area contributed by atoms with Gasteiger partial charge in [-0.25, -0.2) is 15.0 Å². The molecule has 0 radical (unpaired) electrons. The molecular weight excluding hydrogens is 615 g/mol. The minimum absolute atomic E-state index is 0.0605.